The zero-order valence-electron chi connectivity index (χ0n) is 43.5. The number of hydrogen-bond donors (Lipinski definition) is 0. The summed E-state index contributed by atoms with van der Waals surface area (Å²) in [4.78, 5) is 64.6. The second-order valence-corrected chi connectivity index (χ2v) is 25.3. The Morgan fingerprint density at radius 1 is 0.288 bits per heavy atom. The third-order valence-corrected chi connectivity index (χ3v) is 11.2. The number of urea groups is 4. The van der Waals surface area contributed by atoms with Crippen LogP contribution < -0.4 is 0 Å². The number of carbonyl (C=O) groups excluding carboxylic acids is 4. The molecule has 8 amide bonds. The topological polar surface area (TPSA) is 94.2 Å². The second kappa shape index (κ2) is 17.8. The minimum absolute atomic E-state index is 0.0584. The largest absolute Gasteiger partial charge is 0.321 e. The van der Waals surface area contributed by atoms with E-state index in [2.05, 4.69) is 187 Å². The van der Waals surface area contributed by atoms with E-state index in [1.165, 1.54) is 0 Å². The van der Waals surface area contributed by atoms with Crippen LogP contribution in [0.25, 0.3) is 0 Å². The zero-order valence-corrected chi connectivity index (χ0v) is 43.5. The molecule has 0 bridgehead atoms. The molecule has 0 N–H and O–H groups in total. The van der Waals surface area contributed by atoms with Gasteiger partial charge in [-0.25, -0.2) is 19.2 Å². The van der Waals surface area contributed by atoms with Crippen LogP contribution in [0.1, 0.15) is 187 Å². The standard InChI is InChI=1S/3C12H24N2O.C11H22N2O/c3*1-9-8-13(11(2,3)4)10(15)14(9)12(5,6)7;1-10(2,3)12-7-8-13(9(12)14)11(4,5)6/h3*9H,8H2,1-7H3;7-8H2,1-6H3/t2*9-;;/m10../s1. The molecule has 4 rings (SSSR count). The van der Waals surface area contributed by atoms with Crippen LogP contribution in [0.15, 0.2) is 0 Å². The van der Waals surface area contributed by atoms with Gasteiger partial charge in [0.2, 0.25) is 0 Å². The summed E-state index contributed by atoms with van der Waals surface area (Å²) in [6, 6.07) is 1.59. The van der Waals surface area contributed by atoms with Crippen molar-refractivity contribution in [2.24, 2.45) is 0 Å². The van der Waals surface area contributed by atoms with Crippen molar-refractivity contribution in [3.63, 3.8) is 0 Å². The molecule has 4 saturated heterocycles. The molecule has 1 unspecified atom stereocenters. The van der Waals surface area contributed by atoms with E-state index in [1.807, 2.05) is 39.2 Å². The van der Waals surface area contributed by atoms with Crippen molar-refractivity contribution in [3.05, 3.63) is 0 Å². The monoisotopic (exact) mass is 835 g/mol. The highest BCUT2D eigenvalue weighted by atomic mass is 16.2. The van der Waals surface area contributed by atoms with E-state index in [1.54, 1.807) is 0 Å². The molecule has 0 aromatic carbocycles. The van der Waals surface area contributed by atoms with Crippen molar-refractivity contribution < 1.29 is 19.2 Å². The average Bonchev–Trinajstić information content (AvgIpc) is 3.68. The van der Waals surface area contributed by atoms with Crippen LogP contribution in [0, 0.1) is 0 Å². The first-order valence-electron chi connectivity index (χ1n) is 22.2. The molecule has 0 aliphatic carbocycles. The van der Waals surface area contributed by atoms with E-state index in [4.69, 9.17) is 0 Å². The van der Waals surface area contributed by atoms with E-state index in [0.717, 1.165) is 32.7 Å². The van der Waals surface area contributed by atoms with Crippen LogP contribution in [0.2, 0.25) is 0 Å². The van der Waals surface area contributed by atoms with Crippen LogP contribution >= 0.6 is 0 Å². The molecule has 4 aliphatic rings. The van der Waals surface area contributed by atoms with Gasteiger partial charge in [-0.05, 0) is 187 Å². The van der Waals surface area contributed by atoms with Gasteiger partial charge in [0.25, 0.3) is 0 Å². The molecular formula is C47H94N8O4. The highest BCUT2D eigenvalue weighted by Crippen LogP contribution is 2.33. The SMILES string of the molecule is CC(C)(C)N1CCN(C(C)(C)C)C1=O.CC1CN(C(C)(C)C)C(=O)N1C(C)(C)C.C[C@@H]1CN(C(C)(C)C)C(=O)N1C(C)(C)C.C[C@H]1CN(C(C)(C)C)C(=O)N1C(C)(C)C. The maximum atomic E-state index is 12.3. The van der Waals surface area contributed by atoms with E-state index in [-0.39, 0.29) is 68.4 Å². The summed E-state index contributed by atoms with van der Waals surface area (Å²) in [7, 11) is 0. The van der Waals surface area contributed by atoms with E-state index >= 15 is 0 Å². The number of nitrogens with zero attached hydrogens (tertiary/aromatic N) is 8. The lowest BCUT2D eigenvalue weighted by Gasteiger charge is -2.36. The lowest BCUT2D eigenvalue weighted by Crippen LogP contribution is -2.49. The van der Waals surface area contributed by atoms with Crippen molar-refractivity contribution in [1.82, 2.24) is 39.2 Å². The normalized spacial score (nSPS) is 22.9. The van der Waals surface area contributed by atoms with Crippen molar-refractivity contribution >= 4 is 24.1 Å². The van der Waals surface area contributed by atoms with E-state index < -0.39 is 0 Å². The predicted molar refractivity (Wildman–Crippen MR) is 247 cm³/mol. The van der Waals surface area contributed by atoms with Crippen molar-refractivity contribution in [2.45, 2.75) is 249 Å². The van der Waals surface area contributed by atoms with Crippen LogP contribution in [0.5, 0.6) is 0 Å². The molecule has 4 aliphatic heterocycles. The van der Waals surface area contributed by atoms with Crippen LogP contribution in [-0.2, 0) is 0 Å². The van der Waals surface area contributed by atoms with Gasteiger partial charge < -0.3 is 39.2 Å². The van der Waals surface area contributed by atoms with Gasteiger partial charge in [0.05, 0.1) is 0 Å². The fraction of sp³-hybridized carbons (Fsp3) is 0.915. The van der Waals surface area contributed by atoms with Crippen LogP contribution in [0.4, 0.5) is 19.2 Å². The summed E-state index contributed by atoms with van der Waals surface area (Å²) in [5.41, 5.74) is -0.611. The number of carbonyl (C=O) groups is 4. The molecule has 0 radical (unpaired) electrons. The lowest BCUT2D eigenvalue weighted by molar-refractivity contribution is 0.124. The molecule has 4 fully saturated rings. The quantitative estimate of drug-likeness (QED) is 0.243. The zero-order chi connectivity index (χ0) is 47.2. The highest BCUT2D eigenvalue weighted by Gasteiger charge is 2.47. The molecule has 346 valence electrons. The molecule has 12 heteroatoms. The Morgan fingerprint density at radius 3 is 0.542 bits per heavy atom. The Hall–Kier alpha value is -2.92. The maximum Gasteiger partial charge on any atom is 0.321 e. The first-order chi connectivity index (χ1) is 25.8. The third-order valence-electron chi connectivity index (χ3n) is 11.2. The Kier molecular flexibility index (Phi) is 16.3. The van der Waals surface area contributed by atoms with Gasteiger partial charge in [0.15, 0.2) is 0 Å². The Morgan fingerprint density at radius 2 is 0.458 bits per heavy atom. The molecule has 0 saturated carbocycles. The molecule has 0 aromatic rings. The molecule has 59 heavy (non-hydrogen) atoms. The van der Waals surface area contributed by atoms with Crippen LogP contribution in [0.3, 0.4) is 0 Å². The van der Waals surface area contributed by atoms with Gasteiger partial charge in [-0.1, -0.05) is 0 Å². The Labute approximate surface area is 363 Å². The number of hydrogen-bond acceptors (Lipinski definition) is 4. The average molecular weight is 835 g/mol. The van der Waals surface area contributed by atoms with Crippen LogP contribution in [-0.4, -0.2) is 158 Å². The lowest BCUT2D eigenvalue weighted by atomic mass is 10.1. The van der Waals surface area contributed by atoms with Gasteiger partial charge in [0, 0.05) is 95.2 Å². The summed E-state index contributed by atoms with van der Waals surface area (Å²) in [5.74, 6) is 0. The number of rotatable bonds is 0. The first kappa shape index (κ1) is 54.1. The molecule has 3 atom stereocenters. The third kappa shape index (κ3) is 13.8. The van der Waals surface area contributed by atoms with Gasteiger partial charge in [-0.2, -0.15) is 0 Å². The van der Waals surface area contributed by atoms with Crippen molar-refractivity contribution in [2.75, 3.05) is 32.7 Å². The molecule has 0 spiro atoms. The highest BCUT2D eigenvalue weighted by molar-refractivity contribution is 5.80. The van der Waals surface area contributed by atoms with Gasteiger partial charge >= 0.3 is 24.1 Å². The second-order valence-electron chi connectivity index (χ2n) is 25.3. The molecule has 0 aromatic heterocycles. The minimum atomic E-state index is -0.0868. The fourth-order valence-corrected chi connectivity index (χ4v) is 8.54. The smallest absolute Gasteiger partial charge is 0.318 e. The number of amides is 8. The summed E-state index contributed by atoms with van der Waals surface area (Å²) in [5, 5.41) is 0. The van der Waals surface area contributed by atoms with Crippen molar-refractivity contribution in [3.8, 4) is 0 Å². The van der Waals surface area contributed by atoms with Crippen molar-refractivity contribution in [1.29, 1.82) is 0 Å². The van der Waals surface area contributed by atoms with Gasteiger partial charge in [-0.3, -0.25) is 0 Å². The fourth-order valence-electron chi connectivity index (χ4n) is 8.54. The van der Waals surface area contributed by atoms with Gasteiger partial charge in [0.1, 0.15) is 0 Å². The van der Waals surface area contributed by atoms with Gasteiger partial charge in [-0.15, -0.1) is 0 Å². The summed E-state index contributed by atoms with van der Waals surface area (Å²) in [6.45, 7) is 60.6. The molecular weight excluding hydrogens is 741 g/mol. The summed E-state index contributed by atoms with van der Waals surface area (Å²) >= 11 is 0. The molecule has 12 nitrogen and oxygen atoms in total. The predicted octanol–water partition coefficient (Wildman–Crippen LogP) is 10.4. The summed E-state index contributed by atoms with van der Waals surface area (Å²) < 4.78 is 0. The minimum Gasteiger partial charge on any atom is -0.318 e. The van der Waals surface area contributed by atoms with E-state index in [0.29, 0.717) is 18.1 Å². The van der Waals surface area contributed by atoms with E-state index in [9.17, 15) is 19.2 Å². The molecule has 4 heterocycles. The summed E-state index contributed by atoms with van der Waals surface area (Å²) in [6.07, 6.45) is 0. The Bertz CT molecular complexity index is 1300. The first-order valence-corrected chi connectivity index (χ1v) is 22.2. The maximum absolute atomic E-state index is 12.3. The Balaban J connectivity index is 0.000000393.